The predicted octanol–water partition coefficient (Wildman–Crippen LogP) is 4.31. The highest BCUT2D eigenvalue weighted by molar-refractivity contribution is 8.00. The second kappa shape index (κ2) is 6.88. The molecular weight excluding hydrogens is 315 g/mol. The lowest BCUT2D eigenvalue weighted by Gasteiger charge is -2.08. The summed E-state index contributed by atoms with van der Waals surface area (Å²) in [6, 6.07) is 12.3. The van der Waals surface area contributed by atoms with Crippen molar-refractivity contribution >= 4 is 52.2 Å². The molecule has 0 spiro atoms. The molecule has 1 amide bonds. The topological polar surface area (TPSA) is 55.1 Å². The van der Waals surface area contributed by atoms with Crippen molar-refractivity contribution in [1.29, 1.82) is 0 Å². The van der Waals surface area contributed by atoms with E-state index < -0.39 is 0 Å². The van der Waals surface area contributed by atoms with Gasteiger partial charge >= 0.3 is 0 Å². The van der Waals surface area contributed by atoms with Crippen molar-refractivity contribution in [2.24, 2.45) is 0 Å². The molecule has 20 heavy (non-hydrogen) atoms. The lowest BCUT2D eigenvalue weighted by Crippen LogP contribution is -2.15. The van der Waals surface area contributed by atoms with Gasteiger partial charge in [0, 0.05) is 14.9 Å². The molecule has 0 atom stereocenters. The van der Waals surface area contributed by atoms with E-state index in [1.54, 1.807) is 24.3 Å². The molecule has 0 heterocycles. The van der Waals surface area contributed by atoms with Crippen LogP contribution in [0.3, 0.4) is 0 Å². The number of carbonyl (C=O) groups excluding carboxylic acids is 1. The molecule has 0 fully saturated rings. The van der Waals surface area contributed by atoms with Crippen LogP contribution < -0.4 is 11.1 Å². The van der Waals surface area contributed by atoms with Crippen molar-refractivity contribution in [2.45, 2.75) is 4.90 Å². The minimum Gasteiger partial charge on any atom is -0.397 e. The van der Waals surface area contributed by atoms with Crippen LogP contribution in [-0.4, -0.2) is 11.7 Å². The third-order valence-electron chi connectivity index (χ3n) is 2.46. The number of thioether (sulfide) groups is 1. The van der Waals surface area contributed by atoms with E-state index in [0.717, 1.165) is 4.90 Å². The minimum atomic E-state index is -0.149. The number of halogens is 2. The van der Waals surface area contributed by atoms with Crippen LogP contribution in [0.2, 0.25) is 10.0 Å². The first-order valence-electron chi connectivity index (χ1n) is 5.78. The molecule has 0 radical (unpaired) electrons. The molecule has 6 heteroatoms. The van der Waals surface area contributed by atoms with E-state index in [9.17, 15) is 4.79 Å². The van der Waals surface area contributed by atoms with Gasteiger partial charge < -0.3 is 11.1 Å². The molecule has 0 aliphatic carbocycles. The number of amides is 1. The lowest BCUT2D eigenvalue weighted by atomic mass is 10.2. The van der Waals surface area contributed by atoms with Gasteiger partial charge in [-0.2, -0.15) is 0 Å². The second-order valence-electron chi connectivity index (χ2n) is 4.03. The monoisotopic (exact) mass is 326 g/mol. The van der Waals surface area contributed by atoms with Gasteiger partial charge in [0.2, 0.25) is 5.91 Å². The number of hydrogen-bond donors (Lipinski definition) is 2. The Kier molecular flexibility index (Phi) is 5.17. The van der Waals surface area contributed by atoms with E-state index in [-0.39, 0.29) is 11.7 Å². The van der Waals surface area contributed by atoms with E-state index in [2.05, 4.69) is 5.32 Å². The van der Waals surface area contributed by atoms with Crippen LogP contribution in [0.25, 0.3) is 0 Å². The molecule has 3 N–H and O–H groups in total. The summed E-state index contributed by atoms with van der Waals surface area (Å²) in [6.07, 6.45) is 0. The van der Waals surface area contributed by atoms with Gasteiger partial charge in [-0.3, -0.25) is 4.79 Å². The summed E-state index contributed by atoms with van der Waals surface area (Å²) >= 11 is 13.1. The highest BCUT2D eigenvalue weighted by Crippen LogP contribution is 2.24. The summed E-state index contributed by atoms with van der Waals surface area (Å²) in [4.78, 5) is 12.8. The molecule has 0 aromatic heterocycles. The highest BCUT2D eigenvalue weighted by Gasteiger charge is 2.07. The fraction of sp³-hybridized carbons (Fsp3) is 0.0714. The Bertz CT molecular complexity index is 634. The summed E-state index contributed by atoms with van der Waals surface area (Å²) in [6.45, 7) is 0. The molecule has 104 valence electrons. The average molecular weight is 327 g/mol. The summed E-state index contributed by atoms with van der Waals surface area (Å²) < 4.78 is 0. The Labute approximate surface area is 131 Å². The van der Waals surface area contributed by atoms with Crippen molar-refractivity contribution in [1.82, 2.24) is 0 Å². The van der Waals surface area contributed by atoms with Gasteiger partial charge in [-0.05, 0) is 36.4 Å². The number of anilines is 2. The fourth-order valence-electron chi connectivity index (χ4n) is 1.53. The van der Waals surface area contributed by atoms with Crippen molar-refractivity contribution in [3.8, 4) is 0 Å². The zero-order chi connectivity index (χ0) is 14.5. The van der Waals surface area contributed by atoms with Gasteiger partial charge in [0.05, 0.1) is 17.1 Å². The Balaban J connectivity index is 1.94. The summed E-state index contributed by atoms with van der Waals surface area (Å²) in [5, 5.41) is 3.91. The molecule has 2 aromatic carbocycles. The van der Waals surface area contributed by atoms with Crippen LogP contribution in [0.5, 0.6) is 0 Å². The van der Waals surface area contributed by atoms with Gasteiger partial charge in [0.1, 0.15) is 0 Å². The summed E-state index contributed by atoms with van der Waals surface area (Å²) in [7, 11) is 0. The minimum absolute atomic E-state index is 0.149. The molecule has 0 aliphatic rings. The van der Waals surface area contributed by atoms with E-state index in [1.807, 2.05) is 18.2 Å². The number of hydrogen-bond acceptors (Lipinski definition) is 3. The standard InChI is InChI=1S/C14H12Cl2N2OS/c15-9-2-1-3-11(6-9)20-8-14(19)18-13-7-10(16)4-5-12(13)17/h1-7H,8,17H2,(H,18,19). The Morgan fingerprint density at radius 3 is 2.65 bits per heavy atom. The maximum absolute atomic E-state index is 11.9. The fourth-order valence-corrected chi connectivity index (χ4v) is 2.71. The number of nitrogens with two attached hydrogens (primary N) is 1. The molecule has 0 saturated heterocycles. The first-order chi connectivity index (χ1) is 9.54. The normalized spacial score (nSPS) is 10.3. The SMILES string of the molecule is Nc1ccc(Cl)cc1NC(=O)CSc1cccc(Cl)c1. The molecule has 0 unspecified atom stereocenters. The average Bonchev–Trinajstić information content (AvgIpc) is 2.41. The van der Waals surface area contributed by atoms with E-state index in [4.69, 9.17) is 28.9 Å². The highest BCUT2D eigenvalue weighted by atomic mass is 35.5. The molecule has 0 aliphatic heterocycles. The van der Waals surface area contributed by atoms with Gasteiger partial charge in [-0.15, -0.1) is 11.8 Å². The zero-order valence-electron chi connectivity index (χ0n) is 10.4. The van der Waals surface area contributed by atoms with Crippen LogP contribution in [0, 0.1) is 0 Å². The third kappa shape index (κ3) is 4.34. The first-order valence-corrected chi connectivity index (χ1v) is 7.52. The Morgan fingerprint density at radius 2 is 1.90 bits per heavy atom. The molecule has 2 rings (SSSR count). The van der Waals surface area contributed by atoms with Gasteiger partial charge in [-0.25, -0.2) is 0 Å². The van der Waals surface area contributed by atoms with E-state index >= 15 is 0 Å². The molecule has 0 saturated carbocycles. The van der Waals surface area contributed by atoms with Gasteiger partial charge in [0.25, 0.3) is 0 Å². The van der Waals surface area contributed by atoms with Crippen molar-refractivity contribution < 1.29 is 4.79 Å². The van der Waals surface area contributed by atoms with Crippen LogP contribution in [0.1, 0.15) is 0 Å². The summed E-state index contributed by atoms with van der Waals surface area (Å²) in [5.74, 6) is 0.121. The van der Waals surface area contributed by atoms with Crippen LogP contribution in [0.4, 0.5) is 11.4 Å². The van der Waals surface area contributed by atoms with Gasteiger partial charge in [0.15, 0.2) is 0 Å². The Morgan fingerprint density at radius 1 is 1.15 bits per heavy atom. The lowest BCUT2D eigenvalue weighted by molar-refractivity contribution is -0.113. The van der Waals surface area contributed by atoms with Crippen LogP contribution in [0.15, 0.2) is 47.4 Å². The largest absolute Gasteiger partial charge is 0.397 e. The number of rotatable bonds is 4. The molecule has 3 nitrogen and oxygen atoms in total. The number of benzene rings is 2. The van der Waals surface area contributed by atoms with Crippen molar-refractivity contribution in [2.75, 3.05) is 16.8 Å². The van der Waals surface area contributed by atoms with E-state index in [0.29, 0.717) is 21.4 Å². The third-order valence-corrected chi connectivity index (χ3v) is 3.92. The number of nitrogen functional groups attached to an aromatic ring is 1. The van der Waals surface area contributed by atoms with Crippen molar-refractivity contribution in [3.63, 3.8) is 0 Å². The van der Waals surface area contributed by atoms with E-state index in [1.165, 1.54) is 11.8 Å². The number of nitrogens with one attached hydrogen (secondary N) is 1. The predicted molar refractivity (Wildman–Crippen MR) is 86.7 cm³/mol. The Hall–Kier alpha value is -1.36. The zero-order valence-corrected chi connectivity index (χ0v) is 12.7. The molecular formula is C14H12Cl2N2OS. The van der Waals surface area contributed by atoms with Gasteiger partial charge in [-0.1, -0.05) is 29.3 Å². The van der Waals surface area contributed by atoms with Crippen LogP contribution >= 0.6 is 35.0 Å². The quantitative estimate of drug-likeness (QED) is 0.650. The molecule has 0 bridgehead atoms. The maximum atomic E-state index is 11.9. The molecule has 2 aromatic rings. The maximum Gasteiger partial charge on any atom is 0.234 e. The summed E-state index contributed by atoms with van der Waals surface area (Å²) in [5.41, 5.74) is 6.77. The smallest absolute Gasteiger partial charge is 0.234 e. The first kappa shape index (κ1) is 15.0. The van der Waals surface area contributed by atoms with Crippen molar-refractivity contribution in [3.05, 3.63) is 52.5 Å². The van der Waals surface area contributed by atoms with Crippen LogP contribution in [-0.2, 0) is 4.79 Å². The number of carbonyl (C=O) groups is 1. The second-order valence-corrected chi connectivity index (χ2v) is 5.95.